The molecule has 3 rings (SSSR count). The molecular formula is C17H18N4O4S. The second-order valence-corrected chi connectivity index (χ2v) is 6.50. The van der Waals surface area contributed by atoms with E-state index in [9.17, 15) is 9.59 Å². The number of hydrogen-bond donors (Lipinski definition) is 0. The van der Waals surface area contributed by atoms with E-state index in [-0.39, 0.29) is 5.69 Å². The standard InChI is InChI=1S/C17H18N4O4S/c1-20-7-6-12(19-20)15(22)18-17-21(8-9-24-2)13-5-4-11(16(23)25-3)10-14(13)26-17/h4-7,10H,8-9H2,1-3H3. The van der Waals surface area contributed by atoms with Gasteiger partial charge in [-0.1, -0.05) is 11.3 Å². The molecular weight excluding hydrogens is 356 g/mol. The fourth-order valence-electron chi connectivity index (χ4n) is 2.48. The Labute approximate surface area is 153 Å². The number of fused-ring (bicyclic) bond motifs is 1. The summed E-state index contributed by atoms with van der Waals surface area (Å²) in [6, 6.07) is 6.86. The first-order valence-electron chi connectivity index (χ1n) is 7.83. The maximum atomic E-state index is 12.4. The molecule has 2 heterocycles. The fraction of sp³-hybridized carbons (Fsp3) is 0.294. The summed E-state index contributed by atoms with van der Waals surface area (Å²) in [6.07, 6.45) is 1.69. The molecule has 0 N–H and O–H groups in total. The normalized spacial score (nSPS) is 11.9. The summed E-state index contributed by atoms with van der Waals surface area (Å²) in [5.41, 5.74) is 1.59. The first-order chi connectivity index (χ1) is 12.5. The van der Waals surface area contributed by atoms with Gasteiger partial charge in [0.2, 0.25) is 0 Å². The Bertz CT molecular complexity index is 1030. The van der Waals surface area contributed by atoms with Crippen molar-refractivity contribution in [3.63, 3.8) is 0 Å². The molecule has 0 atom stereocenters. The Balaban J connectivity index is 2.11. The Hall–Kier alpha value is -2.78. The van der Waals surface area contributed by atoms with Gasteiger partial charge < -0.3 is 14.0 Å². The zero-order chi connectivity index (χ0) is 18.7. The van der Waals surface area contributed by atoms with Crippen LogP contribution in [0.25, 0.3) is 10.2 Å². The van der Waals surface area contributed by atoms with Gasteiger partial charge in [-0.3, -0.25) is 9.48 Å². The second kappa shape index (κ2) is 7.63. The van der Waals surface area contributed by atoms with Gasteiger partial charge in [0.25, 0.3) is 5.91 Å². The summed E-state index contributed by atoms with van der Waals surface area (Å²) in [5.74, 6) is -0.830. The molecule has 0 saturated carbocycles. The Morgan fingerprint density at radius 2 is 2.08 bits per heavy atom. The quantitative estimate of drug-likeness (QED) is 0.633. The van der Waals surface area contributed by atoms with E-state index in [0.717, 1.165) is 10.2 Å². The average Bonchev–Trinajstić information content (AvgIpc) is 3.22. The summed E-state index contributed by atoms with van der Waals surface area (Å²) < 4.78 is 14.2. The molecule has 0 aliphatic heterocycles. The lowest BCUT2D eigenvalue weighted by atomic mass is 10.2. The monoisotopic (exact) mass is 374 g/mol. The molecule has 0 aliphatic carbocycles. The van der Waals surface area contributed by atoms with Crippen molar-refractivity contribution < 1.29 is 19.1 Å². The Morgan fingerprint density at radius 3 is 2.73 bits per heavy atom. The number of thiazole rings is 1. The topological polar surface area (TPSA) is 87.7 Å². The number of carbonyl (C=O) groups excluding carboxylic acids is 2. The van der Waals surface area contributed by atoms with Crippen LogP contribution in [0.15, 0.2) is 35.5 Å². The Kier molecular flexibility index (Phi) is 5.29. The SMILES string of the molecule is COCCn1c(=NC(=O)c2ccn(C)n2)sc2cc(C(=O)OC)ccc21. The van der Waals surface area contributed by atoms with Crippen molar-refractivity contribution in [3.05, 3.63) is 46.5 Å². The molecule has 0 bridgehead atoms. The number of methoxy groups -OCH3 is 2. The van der Waals surface area contributed by atoms with Crippen molar-refractivity contribution in [2.24, 2.45) is 12.0 Å². The minimum atomic E-state index is -0.420. The minimum Gasteiger partial charge on any atom is -0.465 e. The second-order valence-electron chi connectivity index (χ2n) is 5.49. The van der Waals surface area contributed by atoms with Crippen LogP contribution in [-0.4, -0.2) is 47.1 Å². The van der Waals surface area contributed by atoms with E-state index in [1.54, 1.807) is 43.2 Å². The van der Waals surface area contributed by atoms with Crippen molar-refractivity contribution in [2.75, 3.05) is 20.8 Å². The molecule has 1 amide bonds. The smallest absolute Gasteiger partial charge is 0.337 e. The zero-order valence-corrected chi connectivity index (χ0v) is 15.4. The van der Waals surface area contributed by atoms with Gasteiger partial charge in [-0.2, -0.15) is 10.1 Å². The highest BCUT2D eigenvalue weighted by Crippen LogP contribution is 2.20. The third kappa shape index (κ3) is 3.58. The van der Waals surface area contributed by atoms with E-state index >= 15 is 0 Å². The van der Waals surface area contributed by atoms with Crippen LogP contribution in [0, 0.1) is 0 Å². The average molecular weight is 374 g/mol. The highest BCUT2D eigenvalue weighted by Gasteiger charge is 2.13. The van der Waals surface area contributed by atoms with Gasteiger partial charge in [0.15, 0.2) is 10.5 Å². The molecule has 1 aromatic carbocycles. The summed E-state index contributed by atoms with van der Waals surface area (Å²) in [5, 5.41) is 4.08. The van der Waals surface area contributed by atoms with E-state index in [1.807, 2.05) is 10.6 Å². The summed E-state index contributed by atoms with van der Waals surface area (Å²) in [6.45, 7) is 0.998. The third-order valence-electron chi connectivity index (χ3n) is 3.75. The Morgan fingerprint density at radius 1 is 1.27 bits per heavy atom. The minimum absolute atomic E-state index is 0.276. The number of nitrogens with zero attached hydrogens (tertiary/aromatic N) is 4. The molecule has 9 heteroatoms. The van der Waals surface area contributed by atoms with Gasteiger partial charge in [-0.25, -0.2) is 4.79 Å². The molecule has 0 aliphatic rings. The molecule has 136 valence electrons. The van der Waals surface area contributed by atoms with Crippen LogP contribution in [0.4, 0.5) is 0 Å². The van der Waals surface area contributed by atoms with Gasteiger partial charge in [-0.05, 0) is 24.3 Å². The lowest BCUT2D eigenvalue weighted by Crippen LogP contribution is -2.19. The molecule has 0 saturated heterocycles. The van der Waals surface area contributed by atoms with E-state index in [0.29, 0.717) is 23.5 Å². The van der Waals surface area contributed by atoms with Crippen molar-refractivity contribution in [3.8, 4) is 0 Å². The lowest BCUT2D eigenvalue weighted by molar-refractivity contribution is 0.0601. The van der Waals surface area contributed by atoms with Gasteiger partial charge in [0, 0.05) is 26.9 Å². The summed E-state index contributed by atoms with van der Waals surface area (Å²) in [4.78, 5) is 28.9. The largest absolute Gasteiger partial charge is 0.465 e. The van der Waals surface area contributed by atoms with Crippen molar-refractivity contribution in [2.45, 2.75) is 6.54 Å². The van der Waals surface area contributed by atoms with Gasteiger partial charge >= 0.3 is 5.97 Å². The highest BCUT2D eigenvalue weighted by atomic mass is 32.1. The third-order valence-corrected chi connectivity index (χ3v) is 4.79. The number of aryl methyl sites for hydroxylation is 1. The summed E-state index contributed by atoms with van der Waals surface area (Å²) in [7, 11) is 4.69. The first kappa shape index (κ1) is 18.0. The van der Waals surface area contributed by atoms with Crippen molar-refractivity contribution >= 4 is 33.4 Å². The lowest BCUT2D eigenvalue weighted by Gasteiger charge is -2.04. The number of rotatable bonds is 5. The van der Waals surface area contributed by atoms with Gasteiger partial charge in [0.1, 0.15) is 0 Å². The first-order valence-corrected chi connectivity index (χ1v) is 8.64. The fourth-order valence-corrected chi connectivity index (χ4v) is 3.57. The maximum absolute atomic E-state index is 12.4. The van der Waals surface area contributed by atoms with Crippen LogP contribution in [-0.2, 0) is 23.1 Å². The molecule has 26 heavy (non-hydrogen) atoms. The number of carbonyl (C=O) groups is 2. The number of benzene rings is 1. The van der Waals surface area contributed by atoms with Crippen molar-refractivity contribution in [1.29, 1.82) is 0 Å². The van der Waals surface area contributed by atoms with Crippen LogP contribution >= 0.6 is 11.3 Å². The van der Waals surface area contributed by atoms with Gasteiger partial charge in [-0.15, -0.1) is 0 Å². The summed E-state index contributed by atoms with van der Waals surface area (Å²) >= 11 is 1.32. The number of amides is 1. The van der Waals surface area contributed by atoms with Crippen LogP contribution in [0.3, 0.4) is 0 Å². The highest BCUT2D eigenvalue weighted by molar-refractivity contribution is 7.16. The number of esters is 1. The molecule has 0 fully saturated rings. The van der Waals surface area contributed by atoms with E-state index < -0.39 is 11.9 Å². The molecule has 0 spiro atoms. The number of aromatic nitrogens is 3. The predicted molar refractivity (Wildman–Crippen MR) is 96.1 cm³/mol. The van der Waals surface area contributed by atoms with Crippen LogP contribution in [0.2, 0.25) is 0 Å². The molecule has 2 aromatic heterocycles. The number of hydrogen-bond acceptors (Lipinski definition) is 6. The van der Waals surface area contributed by atoms with E-state index in [2.05, 4.69) is 10.1 Å². The molecule has 3 aromatic rings. The predicted octanol–water partition coefficient (Wildman–Crippen LogP) is 1.61. The molecule has 0 radical (unpaired) electrons. The molecule has 8 nitrogen and oxygen atoms in total. The number of ether oxygens (including phenoxy) is 2. The maximum Gasteiger partial charge on any atom is 0.337 e. The van der Waals surface area contributed by atoms with Crippen LogP contribution in [0.5, 0.6) is 0 Å². The van der Waals surface area contributed by atoms with Crippen LogP contribution in [0.1, 0.15) is 20.8 Å². The van der Waals surface area contributed by atoms with E-state index in [4.69, 9.17) is 9.47 Å². The molecule has 0 unspecified atom stereocenters. The zero-order valence-electron chi connectivity index (χ0n) is 14.6. The van der Waals surface area contributed by atoms with Crippen LogP contribution < -0.4 is 4.80 Å². The van der Waals surface area contributed by atoms with E-state index in [1.165, 1.54) is 18.4 Å². The van der Waals surface area contributed by atoms with Gasteiger partial charge in [0.05, 0.1) is 29.5 Å². The van der Waals surface area contributed by atoms with Crippen molar-refractivity contribution in [1.82, 2.24) is 14.3 Å².